The standard InChI is InChI=1S/C12H13N3OS/c13-12-11(5-14-15-12)8-2-1-3-9(4-8)16-10-6-17-7-10/h1-5,10H,6-7H2,(H3,13,14,15). The molecule has 0 saturated carbocycles. The number of benzene rings is 1. The Hall–Kier alpha value is -1.62. The van der Waals surface area contributed by atoms with Crippen molar-refractivity contribution in [1.82, 2.24) is 10.2 Å². The van der Waals surface area contributed by atoms with Crippen molar-refractivity contribution < 1.29 is 4.74 Å². The van der Waals surface area contributed by atoms with Crippen LogP contribution in [-0.2, 0) is 0 Å². The average molecular weight is 247 g/mol. The number of hydrogen-bond donors (Lipinski definition) is 2. The summed E-state index contributed by atoms with van der Waals surface area (Å²) >= 11 is 1.91. The van der Waals surface area contributed by atoms with Crippen molar-refractivity contribution in [2.75, 3.05) is 17.2 Å². The Kier molecular flexibility index (Phi) is 2.68. The van der Waals surface area contributed by atoms with Gasteiger partial charge in [-0.05, 0) is 17.7 Å². The normalized spacial score (nSPS) is 15.5. The molecule has 0 amide bonds. The highest BCUT2D eigenvalue weighted by atomic mass is 32.2. The SMILES string of the molecule is Nc1[nH]ncc1-c1cccc(OC2CSC2)c1. The highest BCUT2D eigenvalue weighted by Crippen LogP contribution is 2.29. The molecular formula is C12H13N3OS. The molecule has 3 N–H and O–H groups in total. The van der Waals surface area contributed by atoms with E-state index in [1.165, 1.54) is 0 Å². The summed E-state index contributed by atoms with van der Waals surface area (Å²) in [6.45, 7) is 0. The van der Waals surface area contributed by atoms with Crippen molar-refractivity contribution in [2.24, 2.45) is 0 Å². The minimum absolute atomic E-state index is 0.358. The number of hydrogen-bond acceptors (Lipinski definition) is 4. The van der Waals surface area contributed by atoms with Gasteiger partial charge >= 0.3 is 0 Å². The molecule has 0 radical (unpaired) electrons. The van der Waals surface area contributed by atoms with Crippen molar-refractivity contribution in [2.45, 2.75) is 6.10 Å². The van der Waals surface area contributed by atoms with E-state index < -0.39 is 0 Å². The van der Waals surface area contributed by atoms with Gasteiger partial charge < -0.3 is 10.5 Å². The number of nitrogen functional groups attached to an aromatic ring is 1. The molecule has 3 rings (SSSR count). The van der Waals surface area contributed by atoms with E-state index in [0.717, 1.165) is 28.4 Å². The van der Waals surface area contributed by atoms with Gasteiger partial charge in [-0.1, -0.05) is 12.1 Å². The topological polar surface area (TPSA) is 63.9 Å². The molecule has 17 heavy (non-hydrogen) atoms. The van der Waals surface area contributed by atoms with E-state index in [1.54, 1.807) is 6.20 Å². The van der Waals surface area contributed by atoms with Gasteiger partial charge in [-0.3, -0.25) is 5.10 Å². The Labute approximate surface area is 104 Å². The molecule has 1 aliphatic heterocycles. The van der Waals surface area contributed by atoms with Crippen molar-refractivity contribution in [3.63, 3.8) is 0 Å². The number of nitrogens with two attached hydrogens (primary N) is 1. The second-order valence-electron chi connectivity index (χ2n) is 4.00. The van der Waals surface area contributed by atoms with Crippen LogP contribution in [0.2, 0.25) is 0 Å². The van der Waals surface area contributed by atoms with Crippen LogP contribution >= 0.6 is 11.8 Å². The lowest BCUT2D eigenvalue weighted by molar-refractivity contribution is 0.240. The molecule has 88 valence electrons. The summed E-state index contributed by atoms with van der Waals surface area (Å²) in [7, 11) is 0. The highest BCUT2D eigenvalue weighted by molar-refractivity contribution is 8.00. The maximum atomic E-state index is 5.84. The fourth-order valence-corrected chi connectivity index (χ4v) is 2.30. The number of nitrogens with zero attached hydrogens (tertiary/aromatic N) is 1. The minimum atomic E-state index is 0.358. The molecule has 0 bridgehead atoms. The van der Waals surface area contributed by atoms with E-state index >= 15 is 0 Å². The zero-order chi connectivity index (χ0) is 11.7. The van der Waals surface area contributed by atoms with E-state index in [2.05, 4.69) is 10.2 Å². The number of aromatic nitrogens is 2. The van der Waals surface area contributed by atoms with Crippen molar-refractivity contribution in [3.05, 3.63) is 30.5 Å². The number of anilines is 1. The van der Waals surface area contributed by atoms with Crippen LogP contribution in [0.1, 0.15) is 0 Å². The van der Waals surface area contributed by atoms with Gasteiger partial charge in [0.1, 0.15) is 17.7 Å². The summed E-state index contributed by atoms with van der Waals surface area (Å²) in [5.41, 5.74) is 7.74. The van der Waals surface area contributed by atoms with Gasteiger partial charge in [0.05, 0.1) is 6.20 Å². The second-order valence-corrected chi connectivity index (χ2v) is 5.08. The Bertz CT molecular complexity index is 522. The smallest absolute Gasteiger partial charge is 0.126 e. The van der Waals surface area contributed by atoms with E-state index in [9.17, 15) is 0 Å². The number of H-pyrrole nitrogens is 1. The van der Waals surface area contributed by atoms with Crippen LogP contribution in [-0.4, -0.2) is 27.8 Å². The number of thioether (sulfide) groups is 1. The molecule has 0 spiro atoms. The van der Waals surface area contributed by atoms with Gasteiger partial charge in [0.25, 0.3) is 0 Å². The van der Waals surface area contributed by atoms with Crippen LogP contribution in [0.5, 0.6) is 5.75 Å². The lowest BCUT2D eigenvalue weighted by Gasteiger charge is -2.26. The van der Waals surface area contributed by atoms with Crippen LogP contribution in [0.3, 0.4) is 0 Å². The first-order valence-corrected chi connectivity index (χ1v) is 6.62. The zero-order valence-corrected chi connectivity index (χ0v) is 10.0. The summed E-state index contributed by atoms with van der Waals surface area (Å²) in [5, 5.41) is 6.66. The molecule has 1 aromatic heterocycles. The van der Waals surface area contributed by atoms with Gasteiger partial charge in [0.2, 0.25) is 0 Å². The van der Waals surface area contributed by atoms with Gasteiger partial charge in [0, 0.05) is 17.1 Å². The Morgan fingerprint density at radius 2 is 2.29 bits per heavy atom. The van der Waals surface area contributed by atoms with Crippen molar-refractivity contribution in [1.29, 1.82) is 0 Å². The molecule has 5 heteroatoms. The fraction of sp³-hybridized carbons (Fsp3) is 0.250. The third-order valence-electron chi connectivity index (χ3n) is 2.72. The van der Waals surface area contributed by atoms with Gasteiger partial charge in [-0.15, -0.1) is 0 Å². The van der Waals surface area contributed by atoms with Gasteiger partial charge in [-0.2, -0.15) is 16.9 Å². The molecule has 2 aromatic rings. The van der Waals surface area contributed by atoms with Gasteiger partial charge in [-0.25, -0.2) is 0 Å². The summed E-state index contributed by atoms with van der Waals surface area (Å²) in [6.07, 6.45) is 2.09. The predicted octanol–water partition coefficient (Wildman–Crippen LogP) is 2.15. The van der Waals surface area contributed by atoms with Crippen LogP contribution in [0.15, 0.2) is 30.5 Å². The molecule has 4 nitrogen and oxygen atoms in total. The average Bonchev–Trinajstić information content (AvgIpc) is 2.71. The Morgan fingerprint density at radius 3 is 2.94 bits per heavy atom. The van der Waals surface area contributed by atoms with E-state index in [1.807, 2.05) is 36.0 Å². The van der Waals surface area contributed by atoms with Crippen LogP contribution in [0.4, 0.5) is 5.82 Å². The summed E-state index contributed by atoms with van der Waals surface area (Å²) in [5.74, 6) is 3.64. The molecule has 1 fully saturated rings. The first-order chi connectivity index (χ1) is 8.33. The minimum Gasteiger partial charge on any atom is -0.489 e. The zero-order valence-electron chi connectivity index (χ0n) is 9.22. The van der Waals surface area contributed by atoms with E-state index in [4.69, 9.17) is 10.5 Å². The second kappa shape index (κ2) is 4.33. The first kappa shape index (κ1) is 10.5. The maximum absolute atomic E-state index is 5.84. The van der Waals surface area contributed by atoms with Crippen LogP contribution in [0, 0.1) is 0 Å². The van der Waals surface area contributed by atoms with Crippen molar-refractivity contribution >= 4 is 17.6 Å². The molecular weight excluding hydrogens is 234 g/mol. The van der Waals surface area contributed by atoms with Crippen LogP contribution < -0.4 is 10.5 Å². The van der Waals surface area contributed by atoms with Crippen LogP contribution in [0.25, 0.3) is 11.1 Å². The largest absolute Gasteiger partial charge is 0.489 e. The van der Waals surface area contributed by atoms with E-state index in [0.29, 0.717) is 11.9 Å². The third kappa shape index (κ3) is 2.10. The highest BCUT2D eigenvalue weighted by Gasteiger charge is 2.19. The molecule has 1 saturated heterocycles. The molecule has 0 aliphatic carbocycles. The number of ether oxygens (including phenoxy) is 1. The molecule has 2 heterocycles. The first-order valence-electron chi connectivity index (χ1n) is 5.46. The van der Waals surface area contributed by atoms with E-state index in [-0.39, 0.29) is 0 Å². The Balaban J connectivity index is 1.85. The molecule has 0 unspecified atom stereocenters. The number of rotatable bonds is 3. The third-order valence-corrected chi connectivity index (χ3v) is 3.94. The quantitative estimate of drug-likeness (QED) is 0.872. The summed E-state index contributed by atoms with van der Waals surface area (Å²) in [6, 6.07) is 7.96. The number of nitrogens with one attached hydrogen (secondary N) is 1. The predicted molar refractivity (Wildman–Crippen MR) is 70.2 cm³/mol. The van der Waals surface area contributed by atoms with Gasteiger partial charge in [0.15, 0.2) is 0 Å². The molecule has 1 aromatic carbocycles. The summed E-state index contributed by atoms with van der Waals surface area (Å²) < 4.78 is 5.84. The monoisotopic (exact) mass is 247 g/mol. The lowest BCUT2D eigenvalue weighted by atomic mass is 10.1. The fourth-order valence-electron chi connectivity index (χ4n) is 1.74. The number of aromatic amines is 1. The summed E-state index contributed by atoms with van der Waals surface area (Å²) in [4.78, 5) is 0. The molecule has 1 aliphatic rings. The van der Waals surface area contributed by atoms with Crippen molar-refractivity contribution in [3.8, 4) is 16.9 Å². The maximum Gasteiger partial charge on any atom is 0.126 e. The lowest BCUT2D eigenvalue weighted by Crippen LogP contribution is -2.30. The Morgan fingerprint density at radius 1 is 1.41 bits per heavy atom. The molecule has 0 atom stereocenters.